The quantitative estimate of drug-likeness (QED) is 0.781. The van der Waals surface area contributed by atoms with E-state index in [4.69, 9.17) is 5.73 Å². The molecule has 0 aliphatic heterocycles. The molecule has 0 aliphatic rings. The number of hydrogen-bond donors (Lipinski definition) is 2. The number of halogens is 3. The topological polar surface area (TPSA) is 103 Å². The molecule has 1 amide bonds. The van der Waals surface area contributed by atoms with E-state index in [1.165, 1.54) is 18.6 Å². The number of carbonyl (C=O) groups is 1. The molecular formula is C19H26F3N5O2. The monoisotopic (exact) mass is 413 g/mol. The van der Waals surface area contributed by atoms with E-state index in [1.54, 1.807) is 19.9 Å². The van der Waals surface area contributed by atoms with E-state index in [-0.39, 0.29) is 29.6 Å². The third kappa shape index (κ3) is 11.0. The summed E-state index contributed by atoms with van der Waals surface area (Å²) < 4.78 is 40.9. The van der Waals surface area contributed by atoms with Crippen LogP contribution in [0.2, 0.25) is 0 Å². The maximum absolute atomic E-state index is 12.1. The van der Waals surface area contributed by atoms with Gasteiger partial charge in [-0.3, -0.25) is 4.79 Å². The highest BCUT2D eigenvalue weighted by Gasteiger charge is 2.28. The number of rotatable bonds is 5. The first-order chi connectivity index (χ1) is 13.2. The van der Waals surface area contributed by atoms with Gasteiger partial charge in [-0.25, -0.2) is 15.0 Å². The molecule has 0 bridgehead atoms. The lowest BCUT2D eigenvalue weighted by atomic mass is 10.1. The Hall–Kier alpha value is -2.75. The second-order valence-corrected chi connectivity index (χ2v) is 7.45. The molecule has 2 aromatic heterocycles. The van der Waals surface area contributed by atoms with Crippen molar-refractivity contribution < 1.29 is 22.7 Å². The van der Waals surface area contributed by atoms with Gasteiger partial charge >= 0.3 is 6.18 Å². The Morgan fingerprint density at radius 2 is 1.76 bits per heavy atom. The van der Waals surface area contributed by atoms with E-state index in [0.29, 0.717) is 16.8 Å². The summed E-state index contributed by atoms with van der Waals surface area (Å²) >= 11 is 0. The van der Waals surface area contributed by atoms with Crippen LogP contribution in [0.5, 0.6) is 5.88 Å². The van der Waals surface area contributed by atoms with Crippen LogP contribution < -0.4 is 15.8 Å². The van der Waals surface area contributed by atoms with Gasteiger partial charge in [-0.2, -0.15) is 13.2 Å². The largest absolute Gasteiger partial charge is 0.468 e. The first-order valence-electron chi connectivity index (χ1n) is 8.75. The van der Waals surface area contributed by atoms with Gasteiger partial charge < -0.3 is 15.8 Å². The number of carbonyl (C=O) groups excluding carboxylic acids is 1. The van der Waals surface area contributed by atoms with Crippen LogP contribution >= 0.6 is 0 Å². The summed E-state index contributed by atoms with van der Waals surface area (Å²) in [6.45, 7) is 8.10. The molecule has 0 saturated carbocycles. The third-order valence-corrected chi connectivity index (χ3v) is 3.05. The van der Waals surface area contributed by atoms with E-state index in [2.05, 4.69) is 25.0 Å². The van der Waals surface area contributed by atoms with E-state index in [0.717, 1.165) is 0 Å². The Balaban J connectivity index is 0.000000749. The number of aromatic nitrogens is 3. The fourth-order valence-electron chi connectivity index (χ4n) is 1.82. The number of nitrogens with zero attached hydrogens (tertiary/aromatic N) is 3. The zero-order chi connectivity index (χ0) is 22.2. The Morgan fingerprint density at radius 3 is 2.28 bits per heavy atom. The van der Waals surface area contributed by atoms with Crippen LogP contribution in [0, 0.1) is 13.8 Å². The van der Waals surface area contributed by atoms with Crippen molar-refractivity contribution >= 4 is 5.91 Å². The predicted molar refractivity (Wildman–Crippen MR) is 102 cm³/mol. The summed E-state index contributed by atoms with van der Waals surface area (Å²) in [4.78, 5) is 23.6. The molecule has 2 aromatic rings. The standard InChI is InChI=1S/C15H15F3N4O2.C4H11N/c1-9-3-13(24-7-15(16,17)18)19-5-11(9)6-20-14(23)12-4-10(2)21-8-22-12;1-4(2,3)5/h3-5,8H,6-7H2,1-2H3,(H,20,23);5H2,1-3H3. The molecule has 0 radical (unpaired) electrons. The van der Waals surface area contributed by atoms with E-state index in [1.807, 2.05) is 20.8 Å². The van der Waals surface area contributed by atoms with Crippen molar-refractivity contribution in [1.82, 2.24) is 20.3 Å². The minimum absolute atomic E-state index is 0. The predicted octanol–water partition coefficient (Wildman–Crippen LogP) is 3.10. The van der Waals surface area contributed by atoms with Crippen LogP contribution in [0.15, 0.2) is 24.7 Å². The van der Waals surface area contributed by atoms with Gasteiger partial charge in [0.2, 0.25) is 5.88 Å². The number of amides is 1. The number of aryl methyl sites for hydroxylation is 2. The first-order valence-corrected chi connectivity index (χ1v) is 8.75. The number of nitrogens with two attached hydrogens (primary N) is 1. The summed E-state index contributed by atoms with van der Waals surface area (Å²) in [6.07, 6.45) is -1.76. The summed E-state index contributed by atoms with van der Waals surface area (Å²) in [6, 6.07) is 2.94. The van der Waals surface area contributed by atoms with Gasteiger partial charge in [-0.1, -0.05) is 0 Å². The highest BCUT2D eigenvalue weighted by atomic mass is 19.4. The average molecular weight is 413 g/mol. The van der Waals surface area contributed by atoms with Crippen LogP contribution in [-0.2, 0) is 6.54 Å². The van der Waals surface area contributed by atoms with Crippen LogP contribution in [0.4, 0.5) is 13.2 Å². The van der Waals surface area contributed by atoms with Gasteiger partial charge in [0.1, 0.15) is 12.0 Å². The molecule has 0 aliphatic carbocycles. The number of alkyl halides is 3. The van der Waals surface area contributed by atoms with Crippen LogP contribution in [0.1, 0.15) is 48.1 Å². The SMILES string of the molecule is CC(C)(C)N.Cc1cc(C(=O)NCc2cnc(OCC(F)(F)F)cc2C)ncn1. The van der Waals surface area contributed by atoms with Crippen LogP contribution in [0.25, 0.3) is 0 Å². The van der Waals surface area contributed by atoms with Gasteiger partial charge in [0.15, 0.2) is 6.61 Å². The van der Waals surface area contributed by atoms with Gasteiger partial charge in [-0.15, -0.1) is 0 Å². The Labute approximate surface area is 167 Å². The van der Waals surface area contributed by atoms with Crippen molar-refractivity contribution in [3.8, 4) is 5.88 Å². The van der Waals surface area contributed by atoms with Gasteiger partial charge in [0, 0.05) is 30.0 Å². The fraction of sp³-hybridized carbons (Fsp3) is 0.474. The fourth-order valence-corrected chi connectivity index (χ4v) is 1.82. The zero-order valence-corrected chi connectivity index (χ0v) is 17.1. The first kappa shape index (κ1) is 24.3. The Bertz CT molecular complexity index is 814. The Morgan fingerprint density at radius 1 is 1.14 bits per heavy atom. The van der Waals surface area contributed by atoms with Crippen LogP contribution in [0.3, 0.4) is 0 Å². The van der Waals surface area contributed by atoms with Crippen LogP contribution in [-0.4, -0.2) is 39.2 Å². The molecule has 0 spiro atoms. The number of ether oxygens (including phenoxy) is 1. The van der Waals surface area contributed by atoms with Gasteiger partial charge in [-0.05, 0) is 51.8 Å². The molecule has 10 heteroatoms. The minimum atomic E-state index is -4.42. The molecule has 160 valence electrons. The Kier molecular flexibility index (Phi) is 8.50. The molecule has 0 saturated heterocycles. The third-order valence-electron chi connectivity index (χ3n) is 3.05. The van der Waals surface area contributed by atoms with Crippen molar-refractivity contribution in [2.75, 3.05) is 6.61 Å². The number of pyridine rings is 1. The second-order valence-electron chi connectivity index (χ2n) is 7.45. The molecule has 0 atom stereocenters. The van der Waals surface area contributed by atoms with Crippen molar-refractivity contribution in [2.24, 2.45) is 5.73 Å². The molecule has 2 rings (SSSR count). The molecule has 7 nitrogen and oxygen atoms in total. The minimum Gasteiger partial charge on any atom is -0.468 e. The molecule has 29 heavy (non-hydrogen) atoms. The summed E-state index contributed by atoms with van der Waals surface area (Å²) in [5.74, 6) is -0.497. The summed E-state index contributed by atoms with van der Waals surface area (Å²) in [5.41, 5.74) is 7.57. The zero-order valence-electron chi connectivity index (χ0n) is 17.1. The second kappa shape index (κ2) is 10.1. The summed E-state index contributed by atoms with van der Waals surface area (Å²) in [5, 5.41) is 2.67. The molecule has 0 aromatic carbocycles. The molecule has 0 unspecified atom stereocenters. The highest BCUT2D eigenvalue weighted by Crippen LogP contribution is 2.19. The van der Waals surface area contributed by atoms with Crippen molar-refractivity contribution in [1.29, 1.82) is 0 Å². The molecule has 0 fully saturated rings. The number of nitrogens with one attached hydrogen (secondary N) is 1. The van der Waals surface area contributed by atoms with Crippen molar-refractivity contribution in [3.05, 3.63) is 47.2 Å². The average Bonchev–Trinajstić information content (AvgIpc) is 2.57. The maximum Gasteiger partial charge on any atom is 0.422 e. The van der Waals surface area contributed by atoms with Crippen molar-refractivity contribution in [2.45, 2.75) is 52.9 Å². The summed E-state index contributed by atoms with van der Waals surface area (Å²) in [7, 11) is 0. The number of hydrogen-bond acceptors (Lipinski definition) is 6. The van der Waals surface area contributed by atoms with E-state index in [9.17, 15) is 18.0 Å². The molecule has 2 heterocycles. The smallest absolute Gasteiger partial charge is 0.422 e. The highest BCUT2D eigenvalue weighted by molar-refractivity contribution is 5.92. The normalized spacial score (nSPS) is 11.3. The maximum atomic E-state index is 12.1. The van der Waals surface area contributed by atoms with E-state index < -0.39 is 12.8 Å². The lowest BCUT2D eigenvalue weighted by molar-refractivity contribution is -0.154. The molecule has 3 N–H and O–H groups in total. The van der Waals surface area contributed by atoms with Gasteiger partial charge in [0.25, 0.3) is 5.91 Å². The molecular weight excluding hydrogens is 387 g/mol. The lowest BCUT2D eigenvalue weighted by Crippen LogP contribution is -2.26. The van der Waals surface area contributed by atoms with Gasteiger partial charge in [0.05, 0.1) is 0 Å². The van der Waals surface area contributed by atoms with E-state index >= 15 is 0 Å². The lowest BCUT2D eigenvalue weighted by Gasteiger charge is -2.11. The van der Waals surface area contributed by atoms with Crippen molar-refractivity contribution in [3.63, 3.8) is 0 Å².